The number of aromatic amines is 1. The zero-order valence-corrected chi connectivity index (χ0v) is 17.6. The Kier molecular flexibility index (Phi) is 5.09. The van der Waals surface area contributed by atoms with Gasteiger partial charge < -0.3 is 9.64 Å². The molecule has 4 aromatic rings. The van der Waals surface area contributed by atoms with Crippen LogP contribution < -0.4 is 15.0 Å². The first-order valence-electron chi connectivity index (χ1n) is 9.85. The molecule has 9 heteroatoms. The number of methoxy groups -OCH3 is 1. The third kappa shape index (κ3) is 3.75. The number of hydrogen-bond donors (Lipinski definition) is 2. The molecule has 1 aliphatic heterocycles. The number of carbonyl (C=O) groups excluding carboxylic acids is 1. The minimum Gasteiger partial charge on any atom is -0.496 e. The number of rotatable bonds is 5. The van der Waals surface area contributed by atoms with E-state index in [0.29, 0.717) is 17.4 Å². The van der Waals surface area contributed by atoms with E-state index < -0.39 is 0 Å². The predicted octanol–water partition coefficient (Wildman–Crippen LogP) is 3.75. The molecular formula is C22H20N6O2S. The van der Waals surface area contributed by atoms with Crippen LogP contribution in [0.2, 0.25) is 0 Å². The number of aromatic nitrogens is 4. The smallest absolute Gasteiger partial charge is 0.268 e. The van der Waals surface area contributed by atoms with Crippen molar-refractivity contribution in [3.8, 4) is 17.0 Å². The molecule has 1 aromatic carbocycles. The molecule has 3 aromatic heterocycles. The Morgan fingerprint density at radius 1 is 1.23 bits per heavy atom. The molecule has 0 radical (unpaired) electrons. The number of amides is 1. The summed E-state index contributed by atoms with van der Waals surface area (Å²) in [6, 6.07) is 13.3. The number of ether oxygens (including phenoxy) is 1. The van der Waals surface area contributed by atoms with Crippen LogP contribution in [0.5, 0.6) is 5.75 Å². The molecule has 0 saturated heterocycles. The number of thiophene rings is 1. The van der Waals surface area contributed by atoms with Crippen molar-refractivity contribution in [3.05, 3.63) is 70.2 Å². The van der Waals surface area contributed by atoms with Gasteiger partial charge in [0.1, 0.15) is 17.3 Å². The maximum Gasteiger partial charge on any atom is 0.268 e. The van der Waals surface area contributed by atoms with Gasteiger partial charge in [-0.3, -0.25) is 15.2 Å². The Bertz CT molecular complexity index is 1220. The lowest BCUT2D eigenvalue weighted by Gasteiger charge is -2.28. The first-order chi connectivity index (χ1) is 15.2. The summed E-state index contributed by atoms with van der Waals surface area (Å²) in [6.45, 7) is 1.43. The van der Waals surface area contributed by atoms with Gasteiger partial charge in [0.25, 0.3) is 5.91 Å². The van der Waals surface area contributed by atoms with E-state index in [2.05, 4.69) is 30.4 Å². The molecule has 1 amide bonds. The van der Waals surface area contributed by atoms with Gasteiger partial charge in [0.15, 0.2) is 0 Å². The summed E-state index contributed by atoms with van der Waals surface area (Å²) < 4.78 is 5.53. The van der Waals surface area contributed by atoms with Gasteiger partial charge in [-0.05, 0) is 29.6 Å². The summed E-state index contributed by atoms with van der Waals surface area (Å²) in [7, 11) is 1.66. The normalized spacial score (nSPS) is 13.0. The highest BCUT2D eigenvalue weighted by atomic mass is 32.1. The fourth-order valence-electron chi connectivity index (χ4n) is 3.71. The van der Waals surface area contributed by atoms with Crippen LogP contribution in [0.1, 0.15) is 20.9 Å². The Labute approximate surface area is 182 Å². The van der Waals surface area contributed by atoms with Crippen LogP contribution in [-0.4, -0.2) is 39.7 Å². The number of hydrogen-bond acceptors (Lipinski definition) is 7. The molecule has 0 spiro atoms. The third-order valence-corrected chi connectivity index (χ3v) is 6.10. The lowest BCUT2D eigenvalue weighted by molar-refractivity contribution is 0.102. The van der Waals surface area contributed by atoms with Crippen LogP contribution in [0.3, 0.4) is 0 Å². The van der Waals surface area contributed by atoms with Crippen molar-refractivity contribution >= 4 is 29.0 Å². The molecule has 156 valence electrons. The standard InChI is InChI=1S/C22H20N6O2S/c1-30-17-6-3-2-5-14(17)20-15-13-28(11-9-16(15)26-27-20)19-8-10-23-22(24-19)25-21(29)18-7-4-12-31-18/h2-8,10,12H,9,11,13H2,1H3,(H,26,27)(H,23,24,25,29). The molecule has 5 rings (SSSR count). The van der Waals surface area contributed by atoms with E-state index in [1.165, 1.54) is 11.3 Å². The van der Waals surface area contributed by atoms with E-state index in [-0.39, 0.29) is 5.91 Å². The molecule has 4 heterocycles. The van der Waals surface area contributed by atoms with Gasteiger partial charge in [0.2, 0.25) is 5.95 Å². The van der Waals surface area contributed by atoms with Crippen LogP contribution in [0.4, 0.5) is 11.8 Å². The predicted molar refractivity (Wildman–Crippen MR) is 120 cm³/mol. The number of fused-ring (bicyclic) bond motifs is 1. The maximum absolute atomic E-state index is 12.3. The zero-order valence-electron chi connectivity index (χ0n) is 16.8. The van der Waals surface area contributed by atoms with Crippen molar-refractivity contribution in [2.75, 3.05) is 23.9 Å². The van der Waals surface area contributed by atoms with Crippen LogP contribution in [0, 0.1) is 0 Å². The number of nitrogens with one attached hydrogen (secondary N) is 2. The van der Waals surface area contributed by atoms with E-state index in [1.807, 2.05) is 41.8 Å². The van der Waals surface area contributed by atoms with Gasteiger partial charge in [-0.15, -0.1) is 11.3 Å². The lowest BCUT2D eigenvalue weighted by Crippen LogP contribution is -2.31. The molecule has 1 aliphatic rings. The molecule has 0 fully saturated rings. The van der Waals surface area contributed by atoms with E-state index in [4.69, 9.17) is 4.74 Å². The van der Waals surface area contributed by atoms with Gasteiger partial charge in [-0.2, -0.15) is 10.1 Å². The van der Waals surface area contributed by atoms with Crippen LogP contribution in [-0.2, 0) is 13.0 Å². The fourth-order valence-corrected chi connectivity index (χ4v) is 4.33. The number of carbonyl (C=O) groups is 1. The van der Waals surface area contributed by atoms with Gasteiger partial charge in [-0.25, -0.2) is 4.98 Å². The van der Waals surface area contributed by atoms with Gasteiger partial charge in [-0.1, -0.05) is 18.2 Å². The van der Waals surface area contributed by atoms with Crippen molar-refractivity contribution in [1.29, 1.82) is 0 Å². The second-order valence-corrected chi connectivity index (χ2v) is 8.02. The number of para-hydroxylation sites is 1. The van der Waals surface area contributed by atoms with Crippen molar-refractivity contribution in [1.82, 2.24) is 20.2 Å². The average Bonchev–Trinajstić information content (AvgIpc) is 3.49. The molecular weight excluding hydrogens is 412 g/mol. The molecule has 8 nitrogen and oxygen atoms in total. The Hall–Kier alpha value is -3.72. The molecule has 0 aliphatic carbocycles. The summed E-state index contributed by atoms with van der Waals surface area (Å²) in [5.41, 5.74) is 4.09. The fraction of sp³-hybridized carbons (Fsp3) is 0.182. The molecule has 0 unspecified atom stereocenters. The monoisotopic (exact) mass is 432 g/mol. The highest BCUT2D eigenvalue weighted by Crippen LogP contribution is 2.35. The van der Waals surface area contributed by atoms with E-state index >= 15 is 0 Å². The maximum atomic E-state index is 12.3. The molecule has 0 bridgehead atoms. The van der Waals surface area contributed by atoms with Gasteiger partial charge >= 0.3 is 0 Å². The van der Waals surface area contributed by atoms with Crippen LogP contribution in [0.15, 0.2) is 54.0 Å². The quantitative estimate of drug-likeness (QED) is 0.499. The average molecular weight is 433 g/mol. The highest BCUT2D eigenvalue weighted by Gasteiger charge is 2.25. The number of H-pyrrole nitrogens is 1. The van der Waals surface area contributed by atoms with Gasteiger partial charge in [0, 0.05) is 42.5 Å². The lowest BCUT2D eigenvalue weighted by atomic mass is 10.0. The molecule has 2 N–H and O–H groups in total. The Balaban J connectivity index is 1.40. The highest BCUT2D eigenvalue weighted by molar-refractivity contribution is 7.12. The first-order valence-corrected chi connectivity index (χ1v) is 10.7. The Morgan fingerprint density at radius 2 is 2.13 bits per heavy atom. The summed E-state index contributed by atoms with van der Waals surface area (Å²) in [5.74, 6) is 1.63. The van der Waals surface area contributed by atoms with Crippen molar-refractivity contribution < 1.29 is 9.53 Å². The van der Waals surface area contributed by atoms with Crippen LogP contribution in [0.25, 0.3) is 11.3 Å². The summed E-state index contributed by atoms with van der Waals surface area (Å²) in [6.07, 6.45) is 2.48. The van der Waals surface area contributed by atoms with Crippen molar-refractivity contribution in [2.45, 2.75) is 13.0 Å². The summed E-state index contributed by atoms with van der Waals surface area (Å²) in [5, 5.41) is 12.4. The molecule has 0 atom stereocenters. The summed E-state index contributed by atoms with van der Waals surface area (Å²) >= 11 is 1.38. The summed E-state index contributed by atoms with van der Waals surface area (Å²) in [4.78, 5) is 23.9. The van der Waals surface area contributed by atoms with E-state index in [9.17, 15) is 4.79 Å². The Morgan fingerprint density at radius 3 is 2.97 bits per heavy atom. The largest absolute Gasteiger partial charge is 0.496 e. The van der Waals surface area contributed by atoms with E-state index in [1.54, 1.807) is 19.4 Å². The van der Waals surface area contributed by atoms with E-state index in [0.717, 1.165) is 47.0 Å². The van der Waals surface area contributed by atoms with Crippen molar-refractivity contribution in [2.24, 2.45) is 0 Å². The third-order valence-electron chi connectivity index (χ3n) is 5.23. The van der Waals surface area contributed by atoms with Gasteiger partial charge in [0.05, 0.1) is 12.0 Å². The minimum atomic E-state index is -0.207. The topological polar surface area (TPSA) is 96.0 Å². The second kappa shape index (κ2) is 8.19. The second-order valence-electron chi connectivity index (χ2n) is 7.07. The SMILES string of the molecule is COc1ccccc1-c1n[nH]c2c1CN(c1ccnc(NC(=O)c3cccs3)n1)CC2. The number of benzene rings is 1. The number of anilines is 2. The van der Waals surface area contributed by atoms with Crippen LogP contribution >= 0.6 is 11.3 Å². The molecule has 0 saturated carbocycles. The first kappa shape index (κ1) is 19.3. The molecule has 31 heavy (non-hydrogen) atoms. The minimum absolute atomic E-state index is 0.207. The number of nitrogens with zero attached hydrogens (tertiary/aromatic N) is 4. The van der Waals surface area contributed by atoms with Crippen molar-refractivity contribution in [3.63, 3.8) is 0 Å². The zero-order chi connectivity index (χ0) is 21.2.